The van der Waals surface area contributed by atoms with E-state index in [9.17, 15) is 9.90 Å². The van der Waals surface area contributed by atoms with Crippen LogP contribution in [0.5, 0.6) is 0 Å². The number of carbonyl (C=O) groups is 1. The van der Waals surface area contributed by atoms with Gasteiger partial charge >= 0.3 is 29.6 Å². The quantitative estimate of drug-likeness (QED) is 0.234. The summed E-state index contributed by atoms with van der Waals surface area (Å²) in [5.41, 5.74) is 0. The van der Waals surface area contributed by atoms with Gasteiger partial charge in [0, 0.05) is 0 Å². The van der Waals surface area contributed by atoms with E-state index >= 15 is 0 Å². The molecule has 46 valence electrons. The van der Waals surface area contributed by atoms with Crippen LogP contribution in [0, 0.1) is 0 Å². The minimum absolute atomic E-state index is 0. The van der Waals surface area contributed by atoms with Crippen LogP contribution >= 0.6 is 0 Å². The van der Waals surface area contributed by atoms with E-state index in [1.165, 1.54) is 6.92 Å². The van der Waals surface area contributed by atoms with Crippen LogP contribution in [0.1, 0.15) is 20.3 Å². The van der Waals surface area contributed by atoms with Crippen molar-refractivity contribution in [2.45, 2.75) is 20.3 Å². The van der Waals surface area contributed by atoms with Crippen molar-refractivity contribution in [2.75, 3.05) is 0 Å². The molecule has 0 aromatic rings. The third kappa shape index (κ3) is 8.21. The van der Waals surface area contributed by atoms with Crippen molar-refractivity contribution in [3.05, 3.63) is 11.8 Å². The van der Waals surface area contributed by atoms with Gasteiger partial charge in [0.1, 0.15) is 0 Å². The van der Waals surface area contributed by atoms with Crippen LogP contribution in [-0.2, 0) is 4.79 Å². The minimum atomic E-state index is -0.170. The molecule has 0 radical (unpaired) electrons. The van der Waals surface area contributed by atoms with Gasteiger partial charge in [0.25, 0.3) is 0 Å². The van der Waals surface area contributed by atoms with Crippen molar-refractivity contribution in [1.82, 2.24) is 0 Å². The molecule has 0 fully saturated rings. The molecule has 0 aliphatic heterocycles. The first-order valence-corrected chi connectivity index (χ1v) is 2.55. The van der Waals surface area contributed by atoms with Crippen LogP contribution in [-0.4, -0.2) is 5.78 Å². The molecular weight excluding hydrogens is 127 g/mol. The number of ketones is 1. The molecule has 2 nitrogen and oxygen atoms in total. The third-order valence-electron chi connectivity index (χ3n) is 0.713. The molecule has 0 heterocycles. The molecule has 9 heavy (non-hydrogen) atoms. The predicted octanol–water partition coefficient (Wildman–Crippen LogP) is -2.77. The number of hydrogen-bond acceptors (Lipinski definition) is 2. The number of carbonyl (C=O) groups excluding carboxylic acids is 1. The van der Waals surface area contributed by atoms with E-state index in [1.807, 2.05) is 0 Å². The first kappa shape index (κ1) is 11.9. The summed E-state index contributed by atoms with van der Waals surface area (Å²) in [6.45, 7) is 3.09. The van der Waals surface area contributed by atoms with Crippen LogP contribution in [0.15, 0.2) is 11.8 Å². The Labute approximate surface area is 77.2 Å². The number of allylic oxidation sites excluding steroid dienone is 2. The molecule has 0 amide bonds. The van der Waals surface area contributed by atoms with Gasteiger partial charge in [0.2, 0.25) is 0 Å². The summed E-state index contributed by atoms with van der Waals surface area (Å²) in [7, 11) is 0. The molecule has 0 atom stereocenters. The average molecular weight is 136 g/mol. The van der Waals surface area contributed by atoms with Crippen LogP contribution in [0.25, 0.3) is 0 Å². The molecule has 0 bridgehead atoms. The maximum atomic E-state index is 10.3. The summed E-state index contributed by atoms with van der Waals surface area (Å²) in [5.74, 6) is -0.269. The Balaban J connectivity index is 0. The standard InChI is InChI=1S/C6H10O2.Na/c1-3-6(8)4-5(2)7;/h4,8H,3H2,1-2H3;/q;+1/p-1. The normalized spacial score (nSPS) is 10.2. The molecular formula is C6H9NaO2. The van der Waals surface area contributed by atoms with Gasteiger partial charge < -0.3 is 5.11 Å². The van der Waals surface area contributed by atoms with E-state index in [0.717, 1.165) is 6.08 Å². The second-order valence-electron chi connectivity index (χ2n) is 1.57. The SMILES string of the molecule is CCC([O-])=CC(C)=O.[Na+]. The zero-order valence-electron chi connectivity index (χ0n) is 6.10. The summed E-state index contributed by atoms with van der Waals surface area (Å²) in [5, 5.41) is 10.3. The fourth-order valence-corrected chi connectivity index (χ4v) is 0.329. The Kier molecular flexibility index (Phi) is 8.40. The summed E-state index contributed by atoms with van der Waals surface area (Å²) in [6, 6.07) is 0. The molecule has 0 aliphatic rings. The van der Waals surface area contributed by atoms with Crippen molar-refractivity contribution >= 4 is 5.78 Å². The number of hydrogen-bond donors (Lipinski definition) is 0. The van der Waals surface area contributed by atoms with Gasteiger partial charge in [0.15, 0.2) is 5.78 Å². The molecule has 0 saturated carbocycles. The second kappa shape index (κ2) is 6.33. The zero-order valence-corrected chi connectivity index (χ0v) is 8.10. The van der Waals surface area contributed by atoms with E-state index < -0.39 is 0 Å². The van der Waals surface area contributed by atoms with Crippen LogP contribution in [0.2, 0.25) is 0 Å². The van der Waals surface area contributed by atoms with Gasteiger partial charge in [0.05, 0.1) is 0 Å². The van der Waals surface area contributed by atoms with Crippen molar-refractivity contribution < 1.29 is 39.5 Å². The van der Waals surface area contributed by atoms with Crippen LogP contribution in [0.4, 0.5) is 0 Å². The summed E-state index contributed by atoms with van der Waals surface area (Å²) in [6.07, 6.45) is 1.53. The van der Waals surface area contributed by atoms with Crippen molar-refractivity contribution in [3.63, 3.8) is 0 Å². The van der Waals surface area contributed by atoms with Gasteiger partial charge in [-0.3, -0.25) is 4.79 Å². The summed E-state index contributed by atoms with van der Waals surface area (Å²) < 4.78 is 0. The van der Waals surface area contributed by atoms with E-state index in [0.29, 0.717) is 6.42 Å². The van der Waals surface area contributed by atoms with E-state index in [4.69, 9.17) is 0 Å². The second-order valence-corrected chi connectivity index (χ2v) is 1.57. The first-order valence-electron chi connectivity index (χ1n) is 2.55. The maximum Gasteiger partial charge on any atom is 1.00 e. The Morgan fingerprint density at radius 1 is 1.67 bits per heavy atom. The molecule has 0 aromatic carbocycles. The Morgan fingerprint density at radius 3 is 2.22 bits per heavy atom. The van der Waals surface area contributed by atoms with Crippen LogP contribution < -0.4 is 34.7 Å². The van der Waals surface area contributed by atoms with Gasteiger partial charge in [-0.2, -0.15) is 0 Å². The smallest absolute Gasteiger partial charge is 0.875 e. The predicted molar refractivity (Wildman–Crippen MR) is 29.1 cm³/mol. The first-order chi connectivity index (χ1) is 3.66. The van der Waals surface area contributed by atoms with Crippen molar-refractivity contribution in [2.24, 2.45) is 0 Å². The Morgan fingerprint density at radius 2 is 2.11 bits per heavy atom. The molecule has 0 spiro atoms. The van der Waals surface area contributed by atoms with E-state index in [1.54, 1.807) is 6.92 Å². The van der Waals surface area contributed by atoms with Gasteiger partial charge in [-0.05, 0) is 19.4 Å². The third-order valence-corrected chi connectivity index (χ3v) is 0.713. The number of rotatable bonds is 2. The summed E-state index contributed by atoms with van der Waals surface area (Å²) >= 11 is 0. The van der Waals surface area contributed by atoms with E-state index in [2.05, 4.69) is 0 Å². The molecule has 0 rings (SSSR count). The fourth-order valence-electron chi connectivity index (χ4n) is 0.329. The Hall–Kier alpha value is 0.210. The molecule has 0 N–H and O–H groups in total. The van der Waals surface area contributed by atoms with E-state index in [-0.39, 0.29) is 41.1 Å². The van der Waals surface area contributed by atoms with Gasteiger partial charge in [-0.1, -0.05) is 6.92 Å². The van der Waals surface area contributed by atoms with Gasteiger partial charge in [-0.15, -0.1) is 5.76 Å². The summed E-state index contributed by atoms with van der Waals surface area (Å²) in [4.78, 5) is 10.1. The minimum Gasteiger partial charge on any atom is -0.875 e. The molecule has 0 aromatic heterocycles. The average Bonchev–Trinajstić information content (AvgIpc) is 1.65. The van der Waals surface area contributed by atoms with Crippen molar-refractivity contribution in [3.8, 4) is 0 Å². The fraction of sp³-hybridized carbons (Fsp3) is 0.500. The molecule has 0 saturated heterocycles. The molecule has 0 aliphatic carbocycles. The van der Waals surface area contributed by atoms with Crippen LogP contribution in [0.3, 0.4) is 0 Å². The monoisotopic (exact) mass is 136 g/mol. The largest absolute Gasteiger partial charge is 1.00 e. The molecule has 3 heteroatoms. The van der Waals surface area contributed by atoms with Gasteiger partial charge in [-0.25, -0.2) is 0 Å². The Bertz CT molecular complexity index is 118. The molecule has 0 unspecified atom stereocenters. The maximum absolute atomic E-state index is 10.3. The van der Waals surface area contributed by atoms with Crippen molar-refractivity contribution in [1.29, 1.82) is 0 Å². The zero-order chi connectivity index (χ0) is 6.57. The topological polar surface area (TPSA) is 40.1 Å².